The molecule has 0 radical (unpaired) electrons. The summed E-state index contributed by atoms with van der Waals surface area (Å²) in [5.74, 6) is 0.922. The van der Waals surface area contributed by atoms with E-state index < -0.39 is 0 Å². The number of anilines is 1. The zero-order valence-corrected chi connectivity index (χ0v) is 13.2. The van der Waals surface area contributed by atoms with Gasteiger partial charge in [0, 0.05) is 31.2 Å². The molecule has 0 fully saturated rings. The molecule has 0 aliphatic carbocycles. The molecule has 7 heteroatoms. The van der Waals surface area contributed by atoms with Crippen LogP contribution in [0.15, 0.2) is 67.5 Å². The Bertz CT molecular complexity index is 1010. The average Bonchev–Trinajstić information content (AvgIpc) is 3.02. The molecule has 122 valence electrons. The Labute approximate surface area is 143 Å². The molecule has 4 aromatic rings. The second-order valence-corrected chi connectivity index (χ2v) is 5.41. The van der Waals surface area contributed by atoms with Gasteiger partial charge in [-0.25, -0.2) is 15.0 Å². The van der Waals surface area contributed by atoms with Crippen LogP contribution >= 0.6 is 0 Å². The maximum atomic E-state index is 12.6. The third-order valence-electron chi connectivity index (χ3n) is 3.77. The van der Waals surface area contributed by atoms with Crippen molar-refractivity contribution in [1.82, 2.24) is 24.3 Å². The lowest BCUT2D eigenvalue weighted by atomic mass is 10.2. The minimum absolute atomic E-state index is 0.302. The van der Waals surface area contributed by atoms with E-state index in [1.807, 2.05) is 40.9 Å². The van der Waals surface area contributed by atoms with Crippen LogP contribution in [0.5, 0.6) is 0 Å². The van der Waals surface area contributed by atoms with E-state index in [1.54, 1.807) is 24.7 Å². The molecule has 7 nitrogen and oxygen atoms in total. The van der Waals surface area contributed by atoms with E-state index in [2.05, 4.69) is 25.3 Å². The molecule has 4 rings (SSSR count). The van der Waals surface area contributed by atoms with Gasteiger partial charge >= 0.3 is 0 Å². The SMILES string of the molecule is O=C(Nc1ccncn1)c1nc(Cc2ccncc2)n2ccccc12. The maximum absolute atomic E-state index is 12.6. The van der Waals surface area contributed by atoms with Gasteiger partial charge in [-0.2, -0.15) is 0 Å². The number of nitrogens with zero attached hydrogens (tertiary/aromatic N) is 5. The second-order valence-electron chi connectivity index (χ2n) is 5.41. The number of rotatable bonds is 4. The van der Waals surface area contributed by atoms with Gasteiger partial charge in [0.1, 0.15) is 18.0 Å². The van der Waals surface area contributed by atoms with Crippen molar-refractivity contribution in [2.75, 3.05) is 5.32 Å². The van der Waals surface area contributed by atoms with Gasteiger partial charge in [0.05, 0.1) is 5.52 Å². The third kappa shape index (κ3) is 3.07. The van der Waals surface area contributed by atoms with E-state index in [4.69, 9.17) is 0 Å². The first-order valence-electron chi connectivity index (χ1n) is 7.73. The Kier molecular flexibility index (Phi) is 3.88. The fourth-order valence-corrected chi connectivity index (χ4v) is 2.62. The largest absolute Gasteiger partial charge is 0.305 e. The van der Waals surface area contributed by atoms with Crippen molar-refractivity contribution in [3.05, 3.63) is 84.6 Å². The number of pyridine rings is 2. The van der Waals surface area contributed by atoms with E-state index in [0.717, 1.165) is 16.9 Å². The number of carbonyl (C=O) groups is 1. The molecule has 0 saturated heterocycles. The Morgan fingerprint density at radius 1 is 1.04 bits per heavy atom. The quantitative estimate of drug-likeness (QED) is 0.621. The van der Waals surface area contributed by atoms with E-state index in [-0.39, 0.29) is 5.91 Å². The topological polar surface area (TPSA) is 85.1 Å². The summed E-state index contributed by atoms with van der Waals surface area (Å²) in [6.45, 7) is 0. The van der Waals surface area contributed by atoms with E-state index in [0.29, 0.717) is 17.9 Å². The number of nitrogens with one attached hydrogen (secondary N) is 1. The molecular weight excluding hydrogens is 316 g/mol. The number of imidazole rings is 1. The van der Waals surface area contributed by atoms with Gasteiger partial charge in [0.15, 0.2) is 5.69 Å². The highest BCUT2D eigenvalue weighted by Crippen LogP contribution is 2.17. The molecular formula is C18H14N6O. The fraction of sp³-hybridized carbons (Fsp3) is 0.0556. The van der Waals surface area contributed by atoms with Crippen LogP contribution in [0.2, 0.25) is 0 Å². The summed E-state index contributed by atoms with van der Waals surface area (Å²) in [5.41, 5.74) is 2.19. The van der Waals surface area contributed by atoms with Crippen LogP contribution in [-0.4, -0.2) is 30.2 Å². The standard InChI is InChI=1S/C18H14N6O/c25-18(22-15-6-9-20-12-21-15)17-14-3-1-2-10-24(14)16(23-17)11-13-4-7-19-8-5-13/h1-10,12H,11H2,(H,20,21,22,25). The highest BCUT2D eigenvalue weighted by atomic mass is 16.2. The summed E-state index contributed by atoms with van der Waals surface area (Å²) in [4.78, 5) is 29.1. The first-order valence-corrected chi connectivity index (χ1v) is 7.73. The van der Waals surface area contributed by atoms with Crippen molar-refractivity contribution in [3.8, 4) is 0 Å². The van der Waals surface area contributed by atoms with Crippen molar-refractivity contribution in [3.63, 3.8) is 0 Å². The van der Waals surface area contributed by atoms with Crippen LogP contribution in [0.1, 0.15) is 21.9 Å². The van der Waals surface area contributed by atoms with Gasteiger partial charge in [0.2, 0.25) is 0 Å². The minimum atomic E-state index is -0.302. The van der Waals surface area contributed by atoms with Crippen molar-refractivity contribution >= 4 is 17.2 Å². The molecule has 0 saturated carbocycles. The Morgan fingerprint density at radius 3 is 2.68 bits per heavy atom. The Balaban J connectivity index is 1.71. The van der Waals surface area contributed by atoms with Crippen molar-refractivity contribution in [2.24, 2.45) is 0 Å². The predicted molar refractivity (Wildman–Crippen MR) is 92.2 cm³/mol. The molecule has 0 aliphatic heterocycles. The first kappa shape index (κ1) is 14.9. The lowest BCUT2D eigenvalue weighted by Crippen LogP contribution is -2.14. The van der Waals surface area contributed by atoms with Crippen LogP contribution in [0.25, 0.3) is 5.52 Å². The molecule has 1 N–H and O–H groups in total. The summed E-state index contributed by atoms with van der Waals surface area (Å²) < 4.78 is 1.93. The highest BCUT2D eigenvalue weighted by Gasteiger charge is 2.18. The normalized spacial score (nSPS) is 10.7. The number of hydrogen-bond donors (Lipinski definition) is 1. The van der Waals surface area contributed by atoms with Crippen molar-refractivity contribution < 1.29 is 4.79 Å². The number of amides is 1. The predicted octanol–water partition coefficient (Wildman–Crippen LogP) is 2.36. The lowest BCUT2D eigenvalue weighted by Gasteiger charge is -2.01. The maximum Gasteiger partial charge on any atom is 0.277 e. The monoisotopic (exact) mass is 330 g/mol. The molecule has 0 spiro atoms. The van der Waals surface area contributed by atoms with E-state index in [9.17, 15) is 4.79 Å². The molecule has 4 heterocycles. The summed E-state index contributed by atoms with van der Waals surface area (Å²) >= 11 is 0. The molecule has 4 aromatic heterocycles. The third-order valence-corrected chi connectivity index (χ3v) is 3.77. The average molecular weight is 330 g/mol. The summed E-state index contributed by atoms with van der Waals surface area (Å²) in [6.07, 6.45) is 8.95. The van der Waals surface area contributed by atoms with Gasteiger partial charge in [-0.05, 0) is 35.9 Å². The molecule has 25 heavy (non-hydrogen) atoms. The van der Waals surface area contributed by atoms with Gasteiger partial charge in [-0.15, -0.1) is 0 Å². The van der Waals surface area contributed by atoms with Gasteiger partial charge in [0.25, 0.3) is 5.91 Å². The zero-order valence-electron chi connectivity index (χ0n) is 13.2. The second kappa shape index (κ2) is 6.48. The van der Waals surface area contributed by atoms with Crippen LogP contribution in [0.4, 0.5) is 5.82 Å². The summed E-state index contributed by atoms with van der Waals surface area (Å²) in [5, 5.41) is 2.75. The molecule has 1 amide bonds. The molecule has 0 unspecified atom stereocenters. The van der Waals surface area contributed by atoms with Crippen molar-refractivity contribution in [1.29, 1.82) is 0 Å². The molecule has 0 bridgehead atoms. The molecule has 0 aromatic carbocycles. The highest BCUT2D eigenvalue weighted by molar-refractivity contribution is 6.07. The Hall–Kier alpha value is -3.61. The van der Waals surface area contributed by atoms with Crippen LogP contribution < -0.4 is 5.32 Å². The summed E-state index contributed by atoms with van der Waals surface area (Å²) in [6, 6.07) is 11.2. The van der Waals surface area contributed by atoms with Gasteiger partial charge in [-0.1, -0.05) is 6.07 Å². The number of hydrogen-bond acceptors (Lipinski definition) is 5. The zero-order chi connectivity index (χ0) is 17.1. The minimum Gasteiger partial charge on any atom is -0.305 e. The van der Waals surface area contributed by atoms with Crippen LogP contribution in [0, 0.1) is 0 Å². The number of carbonyl (C=O) groups excluding carboxylic acids is 1. The van der Waals surface area contributed by atoms with E-state index in [1.165, 1.54) is 6.33 Å². The number of aromatic nitrogens is 5. The van der Waals surface area contributed by atoms with Crippen LogP contribution in [-0.2, 0) is 6.42 Å². The molecule has 0 aliphatic rings. The van der Waals surface area contributed by atoms with Gasteiger partial charge in [-0.3, -0.25) is 9.78 Å². The fourth-order valence-electron chi connectivity index (χ4n) is 2.62. The molecule has 0 atom stereocenters. The summed E-state index contributed by atoms with van der Waals surface area (Å²) in [7, 11) is 0. The lowest BCUT2D eigenvalue weighted by molar-refractivity contribution is 0.102. The first-order chi connectivity index (χ1) is 12.3. The van der Waals surface area contributed by atoms with E-state index >= 15 is 0 Å². The van der Waals surface area contributed by atoms with Crippen molar-refractivity contribution in [2.45, 2.75) is 6.42 Å². The Morgan fingerprint density at radius 2 is 1.88 bits per heavy atom. The smallest absolute Gasteiger partial charge is 0.277 e. The van der Waals surface area contributed by atoms with Crippen LogP contribution in [0.3, 0.4) is 0 Å². The van der Waals surface area contributed by atoms with Gasteiger partial charge < -0.3 is 9.72 Å². The number of fused-ring (bicyclic) bond motifs is 1.